The highest BCUT2D eigenvalue weighted by molar-refractivity contribution is 5.97. The van der Waals surface area contributed by atoms with Crippen LogP contribution in [0.5, 0.6) is 0 Å². The van der Waals surface area contributed by atoms with Crippen LogP contribution in [0.3, 0.4) is 0 Å². The van der Waals surface area contributed by atoms with Gasteiger partial charge in [-0.1, -0.05) is 24.3 Å². The molecule has 1 amide bonds. The monoisotopic (exact) mass is 324 g/mol. The zero-order valence-electron chi connectivity index (χ0n) is 13.9. The summed E-state index contributed by atoms with van der Waals surface area (Å²) in [5, 5.41) is 18.2. The lowest BCUT2D eigenvalue weighted by molar-refractivity contribution is 0.0915. The molecule has 2 N–H and O–H groups in total. The molecular weight excluding hydrogens is 304 g/mol. The maximum Gasteiger partial charge on any atom is 0.252 e. The Labute approximate surface area is 140 Å². The van der Waals surface area contributed by atoms with Gasteiger partial charge in [-0.25, -0.2) is 4.98 Å². The molecule has 0 aliphatic heterocycles. The molecule has 24 heavy (non-hydrogen) atoms. The van der Waals surface area contributed by atoms with Gasteiger partial charge in [-0.2, -0.15) is 5.10 Å². The van der Waals surface area contributed by atoms with Gasteiger partial charge in [0.25, 0.3) is 5.91 Å². The standard InChI is InChI=1S/C18H20N4O2/c1-11-6-4-5-7-14(11)16(23)10-20-18(24)13-8-15-12(2)21-22(3)17(15)19-9-13/h4-9,16,23H,10H2,1-3H3,(H,20,24). The molecule has 0 fully saturated rings. The van der Waals surface area contributed by atoms with Gasteiger partial charge in [-0.3, -0.25) is 9.48 Å². The van der Waals surface area contributed by atoms with Gasteiger partial charge in [-0.15, -0.1) is 0 Å². The van der Waals surface area contributed by atoms with Gasteiger partial charge in [0.1, 0.15) is 0 Å². The van der Waals surface area contributed by atoms with Crippen molar-refractivity contribution in [2.45, 2.75) is 20.0 Å². The molecule has 0 saturated carbocycles. The van der Waals surface area contributed by atoms with E-state index in [1.165, 1.54) is 6.20 Å². The summed E-state index contributed by atoms with van der Waals surface area (Å²) in [5.41, 5.74) is 3.83. The molecule has 0 radical (unpaired) electrons. The molecule has 0 saturated heterocycles. The summed E-state index contributed by atoms with van der Waals surface area (Å²) < 4.78 is 1.69. The van der Waals surface area contributed by atoms with E-state index in [1.54, 1.807) is 10.7 Å². The van der Waals surface area contributed by atoms with Crippen LogP contribution in [0.15, 0.2) is 36.5 Å². The van der Waals surface area contributed by atoms with Gasteiger partial charge in [0.2, 0.25) is 0 Å². The number of hydrogen-bond acceptors (Lipinski definition) is 4. The Morgan fingerprint density at radius 2 is 2.08 bits per heavy atom. The minimum Gasteiger partial charge on any atom is -0.387 e. The van der Waals surface area contributed by atoms with Crippen molar-refractivity contribution in [3.8, 4) is 0 Å². The highest BCUT2D eigenvalue weighted by atomic mass is 16.3. The number of aromatic nitrogens is 3. The van der Waals surface area contributed by atoms with Crippen molar-refractivity contribution >= 4 is 16.9 Å². The van der Waals surface area contributed by atoms with Crippen LogP contribution in [0.25, 0.3) is 11.0 Å². The van der Waals surface area contributed by atoms with Crippen molar-refractivity contribution < 1.29 is 9.90 Å². The Morgan fingerprint density at radius 1 is 1.33 bits per heavy atom. The van der Waals surface area contributed by atoms with Crippen LogP contribution in [0, 0.1) is 13.8 Å². The number of pyridine rings is 1. The second-order valence-corrected chi connectivity index (χ2v) is 5.89. The van der Waals surface area contributed by atoms with E-state index in [2.05, 4.69) is 15.4 Å². The molecule has 1 aromatic carbocycles. The van der Waals surface area contributed by atoms with Crippen LogP contribution < -0.4 is 5.32 Å². The van der Waals surface area contributed by atoms with Gasteiger partial charge in [0.05, 0.1) is 17.4 Å². The van der Waals surface area contributed by atoms with Gasteiger partial charge in [0.15, 0.2) is 5.65 Å². The number of benzene rings is 1. The first-order valence-corrected chi connectivity index (χ1v) is 7.78. The van der Waals surface area contributed by atoms with E-state index in [0.29, 0.717) is 5.56 Å². The molecular formula is C18H20N4O2. The van der Waals surface area contributed by atoms with E-state index in [0.717, 1.165) is 27.9 Å². The Bertz CT molecular complexity index is 901. The summed E-state index contributed by atoms with van der Waals surface area (Å²) in [6.45, 7) is 3.96. The number of amides is 1. The van der Waals surface area contributed by atoms with Crippen LogP contribution in [-0.2, 0) is 7.05 Å². The van der Waals surface area contributed by atoms with Crippen LogP contribution in [0.4, 0.5) is 0 Å². The molecule has 0 spiro atoms. The second kappa shape index (κ2) is 6.41. The predicted octanol–water partition coefficient (Wildman–Crippen LogP) is 2.05. The third-order valence-electron chi connectivity index (χ3n) is 4.13. The third kappa shape index (κ3) is 3.00. The van der Waals surface area contributed by atoms with E-state index in [9.17, 15) is 9.90 Å². The zero-order valence-corrected chi connectivity index (χ0v) is 13.9. The quantitative estimate of drug-likeness (QED) is 0.770. The molecule has 1 unspecified atom stereocenters. The predicted molar refractivity (Wildman–Crippen MR) is 91.7 cm³/mol. The smallest absolute Gasteiger partial charge is 0.252 e. The first kappa shape index (κ1) is 16.1. The van der Waals surface area contributed by atoms with Crippen LogP contribution in [-0.4, -0.2) is 32.3 Å². The Hall–Kier alpha value is -2.73. The topological polar surface area (TPSA) is 80.0 Å². The minimum atomic E-state index is -0.744. The number of fused-ring (bicyclic) bond motifs is 1. The van der Waals surface area contributed by atoms with Crippen molar-refractivity contribution in [3.05, 3.63) is 58.9 Å². The maximum atomic E-state index is 12.3. The zero-order chi connectivity index (χ0) is 17.3. The van der Waals surface area contributed by atoms with Crippen molar-refractivity contribution in [1.29, 1.82) is 0 Å². The molecule has 124 valence electrons. The molecule has 3 aromatic rings. The molecule has 6 heteroatoms. The van der Waals surface area contributed by atoms with Crippen LogP contribution in [0.2, 0.25) is 0 Å². The number of aliphatic hydroxyl groups excluding tert-OH is 1. The van der Waals surface area contributed by atoms with Crippen molar-refractivity contribution in [3.63, 3.8) is 0 Å². The molecule has 1 atom stereocenters. The van der Waals surface area contributed by atoms with E-state index >= 15 is 0 Å². The lowest BCUT2D eigenvalue weighted by atomic mass is 10.0. The van der Waals surface area contributed by atoms with E-state index < -0.39 is 6.10 Å². The molecule has 2 aromatic heterocycles. The number of nitrogens with zero attached hydrogens (tertiary/aromatic N) is 3. The number of aryl methyl sites for hydroxylation is 3. The normalized spacial score (nSPS) is 12.3. The second-order valence-electron chi connectivity index (χ2n) is 5.89. The summed E-state index contributed by atoms with van der Waals surface area (Å²) in [5.74, 6) is -0.264. The van der Waals surface area contributed by atoms with Crippen molar-refractivity contribution in [1.82, 2.24) is 20.1 Å². The number of carbonyl (C=O) groups excluding carboxylic acids is 1. The number of nitrogens with one attached hydrogen (secondary N) is 1. The number of rotatable bonds is 4. The first-order valence-electron chi connectivity index (χ1n) is 7.78. The average molecular weight is 324 g/mol. The van der Waals surface area contributed by atoms with Gasteiger partial charge in [-0.05, 0) is 31.0 Å². The van der Waals surface area contributed by atoms with E-state index in [4.69, 9.17) is 0 Å². The molecule has 0 aliphatic carbocycles. The average Bonchev–Trinajstić information content (AvgIpc) is 2.86. The van der Waals surface area contributed by atoms with Gasteiger partial charge in [0, 0.05) is 25.2 Å². The van der Waals surface area contributed by atoms with E-state index in [-0.39, 0.29) is 12.5 Å². The van der Waals surface area contributed by atoms with Crippen LogP contribution >= 0.6 is 0 Å². The highest BCUT2D eigenvalue weighted by Gasteiger charge is 2.14. The first-order chi connectivity index (χ1) is 11.5. The number of aliphatic hydroxyl groups is 1. The fourth-order valence-corrected chi connectivity index (χ4v) is 2.79. The Morgan fingerprint density at radius 3 is 2.83 bits per heavy atom. The fourth-order valence-electron chi connectivity index (χ4n) is 2.79. The summed E-state index contributed by atoms with van der Waals surface area (Å²) in [6, 6.07) is 9.36. The van der Waals surface area contributed by atoms with Gasteiger partial charge >= 0.3 is 0 Å². The Balaban J connectivity index is 1.73. The maximum absolute atomic E-state index is 12.3. The Kier molecular flexibility index (Phi) is 4.31. The largest absolute Gasteiger partial charge is 0.387 e. The molecule has 0 aliphatic rings. The lowest BCUT2D eigenvalue weighted by Crippen LogP contribution is -2.28. The summed E-state index contributed by atoms with van der Waals surface area (Å²) in [4.78, 5) is 16.6. The van der Waals surface area contributed by atoms with Gasteiger partial charge < -0.3 is 10.4 Å². The summed E-state index contributed by atoms with van der Waals surface area (Å²) in [6.07, 6.45) is 0.783. The summed E-state index contributed by atoms with van der Waals surface area (Å²) >= 11 is 0. The van der Waals surface area contributed by atoms with Crippen molar-refractivity contribution in [2.24, 2.45) is 7.05 Å². The lowest BCUT2D eigenvalue weighted by Gasteiger charge is -2.14. The molecule has 6 nitrogen and oxygen atoms in total. The van der Waals surface area contributed by atoms with Crippen LogP contribution in [0.1, 0.15) is 33.3 Å². The SMILES string of the molecule is Cc1ccccc1C(O)CNC(=O)c1cnc2c(c1)c(C)nn2C. The molecule has 3 rings (SSSR count). The summed E-state index contributed by atoms with van der Waals surface area (Å²) in [7, 11) is 1.82. The van der Waals surface area contributed by atoms with E-state index in [1.807, 2.05) is 45.2 Å². The van der Waals surface area contributed by atoms with Crippen molar-refractivity contribution in [2.75, 3.05) is 6.54 Å². The third-order valence-corrected chi connectivity index (χ3v) is 4.13. The highest BCUT2D eigenvalue weighted by Crippen LogP contribution is 2.18. The fraction of sp³-hybridized carbons (Fsp3) is 0.278. The minimum absolute atomic E-state index is 0.147. The molecule has 0 bridgehead atoms. The number of carbonyl (C=O) groups is 1. The molecule has 2 heterocycles. The number of hydrogen-bond donors (Lipinski definition) is 2.